The number of amides is 1. The maximum atomic E-state index is 12.6. The van der Waals surface area contributed by atoms with Gasteiger partial charge in [-0.3, -0.25) is 14.8 Å². The van der Waals surface area contributed by atoms with Crippen LogP contribution in [-0.4, -0.2) is 28.0 Å². The molecule has 1 aromatic carbocycles. The van der Waals surface area contributed by atoms with Crippen LogP contribution in [-0.2, 0) is 0 Å². The summed E-state index contributed by atoms with van der Waals surface area (Å²) < 4.78 is 5.42. The lowest BCUT2D eigenvalue weighted by Crippen LogP contribution is -2.13. The van der Waals surface area contributed by atoms with Crippen molar-refractivity contribution in [2.45, 2.75) is 0 Å². The summed E-state index contributed by atoms with van der Waals surface area (Å²) in [4.78, 5) is 23.9. The molecule has 4 aromatic rings. The van der Waals surface area contributed by atoms with Crippen LogP contribution in [0.5, 0.6) is 5.75 Å². The number of carbonyl (C=O) groups is 1. The predicted molar refractivity (Wildman–Crippen MR) is 97.4 cm³/mol. The van der Waals surface area contributed by atoms with Crippen LogP contribution in [0.1, 0.15) is 10.4 Å². The molecule has 2 N–H and O–H groups in total. The van der Waals surface area contributed by atoms with E-state index in [1.807, 2.05) is 12.1 Å². The van der Waals surface area contributed by atoms with E-state index in [4.69, 9.17) is 16.3 Å². The fourth-order valence-corrected chi connectivity index (χ4v) is 3.12. The number of carbonyl (C=O) groups excluding carboxylic acids is 1. The van der Waals surface area contributed by atoms with Gasteiger partial charge < -0.3 is 15.0 Å². The number of benzene rings is 1. The largest absolute Gasteiger partial charge is 0.493 e. The molecule has 0 fully saturated rings. The fraction of sp³-hybridized carbons (Fsp3) is 0.0556. The smallest absolute Gasteiger partial charge is 0.257 e. The third kappa shape index (κ3) is 2.56. The second-order valence-electron chi connectivity index (χ2n) is 5.43. The maximum absolute atomic E-state index is 12.6. The molecule has 0 aliphatic rings. The number of nitrogens with one attached hydrogen (secondary N) is 2. The van der Waals surface area contributed by atoms with Crippen molar-refractivity contribution in [1.82, 2.24) is 15.0 Å². The van der Waals surface area contributed by atoms with E-state index in [0.717, 1.165) is 21.8 Å². The first-order valence-electron chi connectivity index (χ1n) is 7.52. The first-order valence-corrected chi connectivity index (χ1v) is 7.90. The number of halogens is 1. The minimum Gasteiger partial charge on any atom is -0.493 e. The minimum atomic E-state index is -0.299. The highest BCUT2D eigenvalue weighted by Crippen LogP contribution is 2.42. The summed E-state index contributed by atoms with van der Waals surface area (Å²) in [6.45, 7) is 0. The maximum Gasteiger partial charge on any atom is 0.257 e. The molecule has 4 rings (SSSR count). The number of aromatic nitrogens is 3. The van der Waals surface area contributed by atoms with Crippen molar-refractivity contribution >= 4 is 45.0 Å². The summed E-state index contributed by atoms with van der Waals surface area (Å²) in [7, 11) is 1.51. The van der Waals surface area contributed by atoms with E-state index in [0.29, 0.717) is 22.0 Å². The Hall–Kier alpha value is -3.12. The van der Waals surface area contributed by atoms with E-state index in [1.54, 1.807) is 30.7 Å². The van der Waals surface area contributed by atoms with E-state index in [9.17, 15) is 4.79 Å². The first-order chi connectivity index (χ1) is 12.2. The highest BCUT2D eigenvalue weighted by atomic mass is 35.5. The molecule has 3 aromatic heterocycles. The highest BCUT2D eigenvalue weighted by Gasteiger charge is 2.19. The summed E-state index contributed by atoms with van der Waals surface area (Å²) in [6.07, 6.45) is 6.54. The lowest BCUT2D eigenvalue weighted by atomic mass is 10.1. The molecule has 7 heteroatoms. The summed E-state index contributed by atoms with van der Waals surface area (Å²) in [5, 5.41) is 5.14. The van der Waals surface area contributed by atoms with Crippen molar-refractivity contribution in [2.75, 3.05) is 12.4 Å². The second-order valence-corrected chi connectivity index (χ2v) is 5.84. The highest BCUT2D eigenvalue weighted by molar-refractivity contribution is 6.35. The normalized spacial score (nSPS) is 11.0. The summed E-state index contributed by atoms with van der Waals surface area (Å²) >= 11 is 6.38. The molecular weight excluding hydrogens is 340 g/mol. The van der Waals surface area contributed by atoms with Gasteiger partial charge in [0.25, 0.3) is 5.91 Å². The van der Waals surface area contributed by atoms with E-state index in [1.165, 1.54) is 13.3 Å². The van der Waals surface area contributed by atoms with Gasteiger partial charge in [0.1, 0.15) is 5.69 Å². The Kier molecular flexibility index (Phi) is 3.74. The van der Waals surface area contributed by atoms with Gasteiger partial charge in [0.05, 0.1) is 34.9 Å². The van der Waals surface area contributed by atoms with Crippen molar-refractivity contribution in [3.8, 4) is 5.75 Å². The molecule has 1 amide bonds. The van der Waals surface area contributed by atoms with E-state index in [2.05, 4.69) is 20.3 Å². The van der Waals surface area contributed by atoms with Crippen LogP contribution in [0.25, 0.3) is 21.8 Å². The zero-order valence-electron chi connectivity index (χ0n) is 13.2. The van der Waals surface area contributed by atoms with Gasteiger partial charge in [0.2, 0.25) is 0 Å². The molecule has 0 aliphatic carbocycles. The van der Waals surface area contributed by atoms with Crippen molar-refractivity contribution < 1.29 is 9.53 Å². The Labute approximate surface area is 147 Å². The van der Waals surface area contributed by atoms with Crippen LogP contribution in [0.4, 0.5) is 5.69 Å². The summed E-state index contributed by atoms with van der Waals surface area (Å²) in [5.41, 5.74) is 2.49. The van der Waals surface area contributed by atoms with Crippen molar-refractivity contribution in [1.29, 1.82) is 0 Å². The average Bonchev–Trinajstić information content (AvgIpc) is 3.01. The van der Waals surface area contributed by atoms with Gasteiger partial charge in [0, 0.05) is 29.4 Å². The number of hydrogen-bond donors (Lipinski definition) is 2. The number of hydrogen-bond acceptors (Lipinski definition) is 4. The third-order valence-electron chi connectivity index (χ3n) is 3.97. The van der Waals surface area contributed by atoms with Crippen LogP contribution >= 0.6 is 11.6 Å². The van der Waals surface area contributed by atoms with Crippen LogP contribution < -0.4 is 10.1 Å². The van der Waals surface area contributed by atoms with Gasteiger partial charge in [-0.1, -0.05) is 11.6 Å². The Morgan fingerprint density at radius 1 is 1.20 bits per heavy atom. The molecule has 0 radical (unpaired) electrons. The second kappa shape index (κ2) is 6.07. The van der Waals surface area contributed by atoms with Gasteiger partial charge in [0.15, 0.2) is 5.75 Å². The molecule has 0 spiro atoms. The standard InChI is InChI=1S/C18H13ClN4O2/c1-25-17-13(19)7-12-11-4-6-21-9-14(11)22-15(12)16(17)23-18(24)10-3-2-5-20-8-10/h2-9,22H,1H3,(H,23,24). The van der Waals surface area contributed by atoms with Crippen LogP contribution in [0, 0.1) is 0 Å². The number of rotatable bonds is 3. The molecule has 25 heavy (non-hydrogen) atoms. The fourth-order valence-electron chi connectivity index (χ4n) is 2.84. The monoisotopic (exact) mass is 352 g/mol. The molecular formula is C18H13ClN4O2. The number of methoxy groups -OCH3 is 1. The van der Waals surface area contributed by atoms with Crippen LogP contribution in [0.15, 0.2) is 49.1 Å². The number of fused-ring (bicyclic) bond motifs is 3. The summed E-state index contributed by atoms with van der Waals surface area (Å²) in [5.74, 6) is 0.0951. The Morgan fingerprint density at radius 2 is 2.04 bits per heavy atom. The Bertz CT molecular complexity index is 1090. The molecule has 0 aliphatic heterocycles. The SMILES string of the molecule is COc1c(Cl)cc2c([nH]c3cnccc32)c1NC(=O)c1cccnc1. The van der Waals surface area contributed by atoms with Crippen LogP contribution in [0.2, 0.25) is 5.02 Å². The number of pyridine rings is 2. The zero-order valence-corrected chi connectivity index (χ0v) is 14.0. The molecule has 0 unspecified atom stereocenters. The topological polar surface area (TPSA) is 79.9 Å². The zero-order chi connectivity index (χ0) is 17.4. The number of ether oxygens (including phenoxy) is 1. The van der Waals surface area contributed by atoms with Crippen LogP contribution in [0.3, 0.4) is 0 Å². The quantitative estimate of drug-likeness (QED) is 0.583. The third-order valence-corrected chi connectivity index (χ3v) is 4.25. The molecule has 0 bridgehead atoms. The molecule has 124 valence electrons. The predicted octanol–water partition coefficient (Wildman–Crippen LogP) is 4.03. The number of nitrogens with zero attached hydrogens (tertiary/aromatic N) is 2. The number of aromatic amines is 1. The Morgan fingerprint density at radius 3 is 2.80 bits per heavy atom. The lowest BCUT2D eigenvalue weighted by molar-refractivity contribution is 0.102. The first kappa shape index (κ1) is 15.4. The lowest BCUT2D eigenvalue weighted by Gasteiger charge is -2.13. The number of anilines is 1. The van der Waals surface area contributed by atoms with E-state index in [-0.39, 0.29) is 5.91 Å². The van der Waals surface area contributed by atoms with Crippen molar-refractivity contribution in [2.24, 2.45) is 0 Å². The molecule has 0 atom stereocenters. The van der Waals surface area contributed by atoms with Crippen molar-refractivity contribution in [3.05, 3.63) is 59.6 Å². The molecule has 0 saturated carbocycles. The van der Waals surface area contributed by atoms with Gasteiger partial charge in [-0.25, -0.2) is 0 Å². The van der Waals surface area contributed by atoms with Gasteiger partial charge >= 0.3 is 0 Å². The number of H-pyrrole nitrogens is 1. The summed E-state index contributed by atoms with van der Waals surface area (Å²) in [6, 6.07) is 7.10. The molecule has 0 saturated heterocycles. The van der Waals surface area contributed by atoms with Gasteiger partial charge in [-0.05, 0) is 24.3 Å². The van der Waals surface area contributed by atoms with E-state index < -0.39 is 0 Å². The van der Waals surface area contributed by atoms with Gasteiger partial charge in [-0.2, -0.15) is 0 Å². The molecule has 3 heterocycles. The van der Waals surface area contributed by atoms with E-state index >= 15 is 0 Å². The molecule has 6 nitrogen and oxygen atoms in total. The average molecular weight is 353 g/mol. The minimum absolute atomic E-state index is 0.299. The van der Waals surface area contributed by atoms with Gasteiger partial charge in [-0.15, -0.1) is 0 Å². The van der Waals surface area contributed by atoms with Crippen molar-refractivity contribution in [3.63, 3.8) is 0 Å². The Balaban J connectivity index is 1.93.